The normalized spacial score (nSPS) is 8.87. The van der Waals surface area contributed by atoms with Crippen LogP contribution in [0.1, 0.15) is 19.4 Å². The van der Waals surface area contributed by atoms with Crippen molar-refractivity contribution < 1.29 is 9.53 Å². The van der Waals surface area contributed by atoms with E-state index in [2.05, 4.69) is 33.3 Å². The third-order valence-corrected chi connectivity index (χ3v) is 2.94. The summed E-state index contributed by atoms with van der Waals surface area (Å²) in [5.74, 6) is -0.237. The van der Waals surface area contributed by atoms with Crippen LogP contribution in [0, 0.1) is 0 Å². The predicted molar refractivity (Wildman–Crippen MR) is 68.5 cm³/mol. The van der Waals surface area contributed by atoms with Gasteiger partial charge in [0.2, 0.25) is 0 Å². The fourth-order valence-corrected chi connectivity index (χ4v) is 1.46. The van der Waals surface area contributed by atoms with Gasteiger partial charge in [0, 0.05) is 9.37 Å². The summed E-state index contributed by atoms with van der Waals surface area (Å²) in [6, 6.07) is 5.55. The lowest BCUT2D eigenvalue weighted by Gasteiger charge is -2.02. The van der Waals surface area contributed by atoms with Gasteiger partial charge in [0.05, 0.1) is 13.5 Å². The topological polar surface area (TPSA) is 26.3 Å². The van der Waals surface area contributed by atoms with Gasteiger partial charge >= 0.3 is 5.97 Å². The number of carbonyl (C=O) groups is 1. The number of esters is 1. The van der Waals surface area contributed by atoms with Crippen LogP contribution >= 0.6 is 28.6 Å². The van der Waals surface area contributed by atoms with Gasteiger partial charge in [0.15, 0.2) is 0 Å². The monoisotopic (exact) mass is 290 g/mol. The van der Waals surface area contributed by atoms with E-state index >= 15 is 0 Å². The molecule has 0 saturated heterocycles. The van der Waals surface area contributed by atoms with Gasteiger partial charge in [-0.15, -0.1) is 12.6 Å². The zero-order valence-electron chi connectivity index (χ0n) is 9.08. The van der Waals surface area contributed by atoms with Gasteiger partial charge in [-0.2, -0.15) is 0 Å². The van der Waals surface area contributed by atoms with Crippen molar-refractivity contribution in [3.8, 4) is 0 Å². The first-order valence-corrected chi connectivity index (χ1v) is 5.91. The molecule has 0 saturated carbocycles. The highest BCUT2D eigenvalue weighted by atomic mass is 79.9. The standard InChI is InChI=1S/C9H9BrO2S.C2H6/c1-12-9(11)5-6-2-3-8(13)7(10)4-6;1-2/h2-4,13H,5H2,1H3;1-2H3. The Labute approximate surface area is 105 Å². The van der Waals surface area contributed by atoms with Crippen LogP contribution in [0.2, 0.25) is 0 Å². The van der Waals surface area contributed by atoms with Gasteiger partial charge in [-0.25, -0.2) is 0 Å². The smallest absolute Gasteiger partial charge is 0.309 e. The van der Waals surface area contributed by atoms with Crippen molar-refractivity contribution in [1.29, 1.82) is 0 Å². The Morgan fingerprint density at radius 1 is 1.47 bits per heavy atom. The SMILES string of the molecule is CC.COC(=O)Cc1ccc(S)c(Br)c1. The molecule has 2 nitrogen and oxygen atoms in total. The maximum atomic E-state index is 10.9. The summed E-state index contributed by atoms with van der Waals surface area (Å²) in [6.45, 7) is 4.00. The number of hydrogen-bond donors (Lipinski definition) is 1. The second-order valence-electron chi connectivity index (χ2n) is 2.54. The fraction of sp³-hybridized carbons (Fsp3) is 0.364. The van der Waals surface area contributed by atoms with E-state index in [-0.39, 0.29) is 5.97 Å². The average Bonchev–Trinajstić information content (AvgIpc) is 2.26. The van der Waals surface area contributed by atoms with Crippen LogP contribution in [0.3, 0.4) is 0 Å². The number of ether oxygens (including phenoxy) is 1. The Hall–Kier alpha value is -0.480. The van der Waals surface area contributed by atoms with Gasteiger partial charge in [-0.3, -0.25) is 4.79 Å². The first-order chi connectivity index (χ1) is 7.13. The Balaban J connectivity index is 0.000000921. The van der Waals surface area contributed by atoms with Crippen LogP contribution < -0.4 is 0 Å². The van der Waals surface area contributed by atoms with E-state index in [4.69, 9.17) is 0 Å². The molecule has 0 atom stereocenters. The van der Waals surface area contributed by atoms with Gasteiger partial charge in [-0.05, 0) is 33.6 Å². The lowest BCUT2D eigenvalue weighted by atomic mass is 10.1. The minimum absolute atomic E-state index is 0.237. The highest BCUT2D eigenvalue weighted by Crippen LogP contribution is 2.21. The number of thiol groups is 1. The first kappa shape index (κ1) is 14.5. The third kappa shape index (κ3) is 5.23. The van der Waals surface area contributed by atoms with Crippen LogP contribution in [-0.2, 0) is 16.0 Å². The van der Waals surface area contributed by atoms with Crippen LogP contribution in [0.5, 0.6) is 0 Å². The summed E-state index contributed by atoms with van der Waals surface area (Å²) in [7, 11) is 1.38. The minimum Gasteiger partial charge on any atom is -0.469 e. The Morgan fingerprint density at radius 3 is 2.53 bits per heavy atom. The van der Waals surface area contributed by atoms with Crippen molar-refractivity contribution in [2.75, 3.05) is 7.11 Å². The molecule has 0 heterocycles. The number of rotatable bonds is 2. The molecule has 0 amide bonds. The van der Waals surface area contributed by atoms with Crippen molar-refractivity contribution in [1.82, 2.24) is 0 Å². The molecule has 0 N–H and O–H groups in total. The van der Waals surface area contributed by atoms with Crippen molar-refractivity contribution in [2.45, 2.75) is 25.2 Å². The van der Waals surface area contributed by atoms with E-state index in [1.807, 2.05) is 32.0 Å². The Bertz CT molecular complexity index is 326. The maximum Gasteiger partial charge on any atom is 0.309 e. The average molecular weight is 291 g/mol. The third-order valence-electron chi connectivity index (χ3n) is 1.59. The number of halogens is 1. The largest absolute Gasteiger partial charge is 0.469 e. The molecule has 0 aliphatic carbocycles. The fourth-order valence-electron chi connectivity index (χ4n) is 0.899. The molecule has 1 aromatic rings. The molecule has 4 heteroatoms. The van der Waals surface area contributed by atoms with Crippen LogP contribution in [0.15, 0.2) is 27.6 Å². The maximum absolute atomic E-state index is 10.9. The van der Waals surface area contributed by atoms with E-state index in [1.165, 1.54) is 7.11 Å². The minimum atomic E-state index is -0.237. The zero-order chi connectivity index (χ0) is 11.8. The van der Waals surface area contributed by atoms with Crippen molar-refractivity contribution in [3.05, 3.63) is 28.2 Å². The van der Waals surface area contributed by atoms with E-state index in [0.717, 1.165) is 14.9 Å². The van der Waals surface area contributed by atoms with E-state index in [0.29, 0.717) is 6.42 Å². The molecular weight excluding hydrogens is 276 g/mol. The summed E-state index contributed by atoms with van der Waals surface area (Å²) in [6.07, 6.45) is 0.295. The quantitative estimate of drug-likeness (QED) is 0.667. The Morgan fingerprint density at radius 2 is 2.07 bits per heavy atom. The number of methoxy groups -OCH3 is 1. The number of carbonyl (C=O) groups excluding carboxylic acids is 1. The second kappa shape index (κ2) is 7.77. The Kier molecular flexibility index (Phi) is 7.52. The van der Waals surface area contributed by atoms with E-state index < -0.39 is 0 Å². The van der Waals surface area contributed by atoms with Crippen molar-refractivity contribution in [2.24, 2.45) is 0 Å². The van der Waals surface area contributed by atoms with Gasteiger partial charge < -0.3 is 4.74 Å². The molecular formula is C11H15BrO2S. The summed E-state index contributed by atoms with van der Waals surface area (Å²) >= 11 is 7.52. The molecule has 0 fully saturated rings. The number of benzene rings is 1. The zero-order valence-corrected chi connectivity index (χ0v) is 11.6. The highest BCUT2D eigenvalue weighted by Gasteiger charge is 2.03. The molecule has 84 valence electrons. The van der Waals surface area contributed by atoms with Gasteiger partial charge in [0.25, 0.3) is 0 Å². The van der Waals surface area contributed by atoms with E-state index in [9.17, 15) is 4.79 Å². The predicted octanol–water partition coefficient (Wildman–Crippen LogP) is 3.48. The van der Waals surface area contributed by atoms with Gasteiger partial charge in [0.1, 0.15) is 0 Å². The van der Waals surface area contributed by atoms with Crippen molar-refractivity contribution >= 4 is 34.5 Å². The molecule has 0 aromatic heterocycles. The summed E-state index contributed by atoms with van der Waals surface area (Å²) in [5, 5.41) is 0. The molecule has 0 bridgehead atoms. The molecule has 0 aliphatic rings. The van der Waals surface area contributed by atoms with Crippen LogP contribution in [0.25, 0.3) is 0 Å². The molecule has 0 radical (unpaired) electrons. The van der Waals surface area contributed by atoms with Crippen molar-refractivity contribution in [3.63, 3.8) is 0 Å². The molecule has 0 aliphatic heterocycles. The van der Waals surface area contributed by atoms with Gasteiger partial charge in [-0.1, -0.05) is 19.9 Å². The number of hydrogen-bond acceptors (Lipinski definition) is 3. The highest BCUT2D eigenvalue weighted by molar-refractivity contribution is 9.10. The first-order valence-electron chi connectivity index (χ1n) is 4.67. The molecule has 1 rings (SSSR count). The van der Waals surface area contributed by atoms with E-state index in [1.54, 1.807) is 0 Å². The van der Waals surface area contributed by atoms with Crippen LogP contribution in [0.4, 0.5) is 0 Å². The molecule has 1 aromatic carbocycles. The molecule has 0 unspecified atom stereocenters. The molecule has 15 heavy (non-hydrogen) atoms. The summed E-state index contributed by atoms with van der Waals surface area (Å²) < 4.78 is 5.44. The lowest BCUT2D eigenvalue weighted by Crippen LogP contribution is -2.04. The lowest BCUT2D eigenvalue weighted by molar-refractivity contribution is -0.139. The van der Waals surface area contributed by atoms with Crippen LogP contribution in [-0.4, -0.2) is 13.1 Å². The second-order valence-corrected chi connectivity index (χ2v) is 3.87. The molecule has 0 spiro atoms. The summed E-state index contributed by atoms with van der Waals surface area (Å²) in [4.78, 5) is 11.8. The summed E-state index contributed by atoms with van der Waals surface area (Å²) in [5.41, 5.74) is 0.913.